The molecule has 16 heavy (non-hydrogen) atoms. The molecule has 1 heteroatoms. The van der Waals surface area contributed by atoms with E-state index in [1.165, 1.54) is 22.4 Å². The summed E-state index contributed by atoms with van der Waals surface area (Å²) in [5, 5.41) is 0. The summed E-state index contributed by atoms with van der Waals surface area (Å²) in [6.45, 7) is 3.16. The summed E-state index contributed by atoms with van der Waals surface area (Å²) in [5.74, 6) is 0. The fraction of sp³-hybridized carbons (Fsp3) is 0.200. The Hall–Kier alpha value is -1.76. The van der Waals surface area contributed by atoms with Gasteiger partial charge in [-0.15, -0.1) is 0 Å². The first-order valence-corrected chi connectivity index (χ1v) is 5.81. The summed E-state index contributed by atoms with van der Waals surface area (Å²) in [5.41, 5.74) is 5.48. The lowest BCUT2D eigenvalue weighted by molar-refractivity contribution is 0.483. The standard InChI is InChI=1S/C15H15N/c1-2-9-16-10-5-8-14-13-7-4-3-6-12(13)11-15(14)16/h2-4,6-9,11H,5,10H2,1H3. The molecule has 0 atom stereocenters. The van der Waals surface area contributed by atoms with E-state index in [1.54, 1.807) is 0 Å². The van der Waals surface area contributed by atoms with Crippen molar-refractivity contribution in [3.63, 3.8) is 0 Å². The summed E-state index contributed by atoms with van der Waals surface area (Å²) in [7, 11) is 0. The van der Waals surface area contributed by atoms with Gasteiger partial charge in [0, 0.05) is 17.8 Å². The lowest BCUT2D eigenvalue weighted by Crippen LogP contribution is -2.20. The van der Waals surface area contributed by atoms with Crippen LogP contribution >= 0.6 is 0 Å². The first-order valence-electron chi connectivity index (χ1n) is 5.81. The third-order valence-corrected chi connectivity index (χ3v) is 3.18. The molecule has 1 aliphatic carbocycles. The molecule has 0 saturated carbocycles. The zero-order chi connectivity index (χ0) is 11.0. The van der Waals surface area contributed by atoms with E-state index in [-0.39, 0.29) is 0 Å². The number of hydrogen-bond acceptors (Lipinski definition) is 1. The van der Waals surface area contributed by atoms with Crippen molar-refractivity contribution in [1.82, 2.24) is 4.90 Å². The average molecular weight is 209 g/mol. The van der Waals surface area contributed by atoms with Gasteiger partial charge in [-0.3, -0.25) is 0 Å². The lowest BCUT2D eigenvalue weighted by atomic mass is 10.0. The molecule has 3 rings (SSSR count). The van der Waals surface area contributed by atoms with Gasteiger partial charge in [-0.25, -0.2) is 0 Å². The van der Waals surface area contributed by atoms with Crippen LogP contribution in [0.4, 0.5) is 0 Å². The van der Waals surface area contributed by atoms with Crippen molar-refractivity contribution in [3.05, 3.63) is 59.4 Å². The fourth-order valence-electron chi connectivity index (χ4n) is 2.49. The van der Waals surface area contributed by atoms with Crippen molar-refractivity contribution in [3.8, 4) is 0 Å². The Kier molecular flexibility index (Phi) is 2.17. The molecule has 0 aromatic heterocycles. The molecule has 0 spiro atoms. The topological polar surface area (TPSA) is 3.24 Å². The van der Waals surface area contributed by atoms with Gasteiger partial charge in [-0.1, -0.05) is 36.4 Å². The van der Waals surface area contributed by atoms with Gasteiger partial charge in [0.15, 0.2) is 0 Å². The number of rotatable bonds is 1. The number of benzene rings is 1. The normalized spacial score (nSPS) is 18.2. The van der Waals surface area contributed by atoms with Crippen LogP contribution in [0.2, 0.25) is 0 Å². The van der Waals surface area contributed by atoms with Crippen molar-refractivity contribution in [2.24, 2.45) is 0 Å². The van der Waals surface area contributed by atoms with Gasteiger partial charge in [0.2, 0.25) is 0 Å². The molecule has 1 aromatic rings. The third kappa shape index (κ3) is 1.32. The molecule has 0 fully saturated rings. The smallest absolute Gasteiger partial charge is 0.0488 e. The first kappa shape index (κ1) is 9.46. The maximum absolute atomic E-state index is 2.36. The molecule has 0 saturated heterocycles. The van der Waals surface area contributed by atoms with Crippen molar-refractivity contribution >= 4 is 11.6 Å². The summed E-state index contributed by atoms with van der Waals surface area (Å²) in [6.07, 6.45) is 10.1. The van der Waals surface area contributed by atoms with Crippen LogP contribution in [-0.2, 0) is 0 Å². The monoisotopic (exact) mass is 209 g/mol. The van der Waals surface area contributed by atoms with Crippen molar-refractivity contribution in [2.45, 2.75) is 13.3 Å². The minimum Gasteiger partial charge on any atom is -0.347 e. The summed E-state index contributed by atoms with van der Waals surface area (Å²) < 4.78 is 0. The van der Waals surface area contributed by atoms with E-state index in [9.17, 15) is 0 Å². The van der Waals surface area contributed by atoms with Gasteiger partial charge >= 0.3 is 0 Å². The zero-order valence-electron chi connectivity index (χ0n) is 9.48. The summed E-state index contributed by atoms with van der Waals surface area (Å²) >= 11 is 0. The number of hydrogen-bond donors (Lipinski definition) is 0. The molecule has 0 radical (unpaired) electrons. The van der Waals surface area contributed by atoms with E-state index in [4.69, 9.17) is 0 Å². The van der Waals surface area contributed by atoms with Crippen LogP contribution in [0.5, 0.6) is 0 Å². The van der Waals surface area contributed by atoms with E-state index in [1.807, 2.05) is 0 Å². The van der Waals surface area contributed by atoms with Crippen LogP contribution in [0.1, 0.15) is 24.5 Å². The molecular formula is C15H15N. The van der Waals surface area contributed by atoms with Gasteiger partial charge in [0.1, 0.15) is 0 Å². The van der Waals surface area contributed by atoms with Crippen LogP contribution in [0.15, 0.2) is 48.3 Å². The van der Waals surface area contributed by atoms with Crippen molar-refractivity contribution < 1.29 is 0 Å². The molecular weight excluding hydrogens is 194 g/mol. The summed E-state index contributed by atoms with van der Waals surface area (Å²) in [6, 6.07) is 8.62. The fourth-order valence-corrected chi connectivity index (χ4v) is 2.49. The third-order valence-electron chi connectivity index (χ3n) is 3.18. The lowest BCUT2D eigenvalue weighted by Gasteiger charge is -2.26. The number of allylic oxidation sites excluding steroid dienone is 2. The van der Waals surface area contributed by atoms with Crippen molar-refractivity contribution in [2.75, 3.05) is 6.54 Å². The summed E-state index contributed by atoms with van der Waals surface area (Å²) in [4.78, 5) is 2.34. The van der Waals surface area contributed by atoms with Crippen LogP contribution in [-0.4, -0.2) is 11.4 Å². The highest BCUT2D eigenvalue weighted by atomic mass is 15.1. The minimum absolute atomic E-state index is 1.09. The molecule has 2 aliphatic rings. The Bertz CT molecular complexity index is 506. The Morgan fingerprint density at radius 2 is 2.12 bits per heavy atom. The Labute approximate surface area is 96.4 Å². The Morgan fingerprint density at radius 1 is 1.25 bits per heavy atom. The quantitative estimate of drug-likeness (QED) is 0.682. The van der Waals surface area contributed by atoms with Gasteiger partial charge in [0.25, 0.3) is 0 Å². The van der Waals surface area contributed by atoms with Crippen LogP contribution in [0, 0.1) is 0 Å². The van der Waals surface area contributed by atoms with E-state index >= 15 is 0 Å². The van der Waals surface area contributed by atoms with Crippen LogP contribution in [0.3, 0.4) is 0 Å². The largest absolute Gasteiger partial charge is 0.347 e. The second-order valence-corrected chi connectivity index (χ2v) is 4.20. The second kappa shape index (κ2) is 3.67. The molecule has 1 nitrogen and oxygen atoms in total. The van der Waals surface area contributed by atoms with Crippen molar-refractivity contribution in [1.29, 1.82) is 0 Å². The Balaban J connectivity index is 2.10. The van der Waals surface area contributed by atoms with E-state index in [0.29, 0.717) is 0 Å². The first-order chi connectivity index (χ1) is 7.90. The molecule has 0 N–H and O–H groups in total. The molecule has 1 heterocycles. The predicted octanol–water partition coefficient (Wildman–Crippen LogP) is 3.66. The van der Waals surface area contributed by atoms with Gasteiger partial charge in [-0.2, -0.15) is 0 Å². The SMILES string of the molecule is CC=CN1CCC=C2C1=Cc1ccccc12. The molecule has 0 bridgehead atoms. The molecule has 80 valence electrons. The zero-order valence-corrected chi connectivity index (χ0v) is 9.48. The average Bonchev–Trinajstić information content (AvgIpc) is 2.69. The number of fused-ring (bicyclic) bond motifs is 3. The highest BCUT2D eigenvalue weighted by Gasteiger charge is 2.24. The van der Waals surface area contributed by atoms with Gasteiger partial charge < -0.3 is 4.90 Å². The highest BCUT2D eigenvalue weighted by molar-refractivity contribution is 5.94. The maximum atomic E-state index is 2.36. The molecule has 0 unspecified atom stereocenters. The Morgan fingerprint density at radius 3 is 3.00 bits per heavy atom. The van der Waals surface area contributed by atoms with E-state index in [2.05, 4.69) is 60.5 Å². The van der Waals surface area contributed by atoms with Gasteiger partial charge in [-0.05, 0) is 36.7 Å². The van der Waals surface area contributed by atoms with Crippen LogP contribution < -0.4 is 0 Å². The molecule has 0 amide bonds. The van der Waals surface area contributed by atoms with Gasteiger partial charge in [0.05, 0.1) is 0 Å². The maximum Gasteiger partial charge on any atom is 0.0488 e. The van der Waals surface area contributed by atoms with E-state index in [0.717, 1.165) is 13.0 Å². The minimum atomic E-state index is 1.09. The second-order valence-electron chi connectivity index (χ2n) is 4.20. The predicted molar refractivity (Wildman–Crippen MR) is 68.5 cm³/mol. The van der Waals surface area contributed by atoms with Crippen LogP contribution in [0.25, 0.3) is 11.6 Å². The molecule has 1 aromatic carbocycles. The molecule has 1 aliphatic heterocycles. The number of nitrogens with zero attached hydrogens (tertiary/aromatic N) is 1. The highest BCUT2D eigenvalue weighted by Crippen LogP contribution is 2.39. The van der Waals surface area contributed by atoms with E-state index < -0.39 is 0 Å².